The topological polar surface area (TPSA) is 29.5 Å². The van der Waals surface area contributed by atoms with E-state index in [4.69, 9.17) is 4.74 Å². The Balaban J connectivity index is 2.22. The Morgan fingerprint density at radius 3 is 2.86 bits per heavy atom. The molecule has 78 valence electrons. The second-order valence-electron chi connectivity index (χ2n) is 4.12. The highest BCUT2D eigenvalue weighted by atomic mass is 32.1. The summed E-state index contributed by atoms with van der Waals surface area (Å²) in [6, 6.07) is 4.09. The van der Waals surface area contributed by atoms with Crippen LogP contribution in [0.25, 0.3) is 0 Å². The number of ether oxygens (including phenoxy) is 1. The molecule has 0 radical (unpaired) electrons. The summed E-state index contributed by atoms with van der Waals surface area (Å²) in [7, 11) is 0. The van der Waals surface area contributed by atoms with Crippen LogP contribution in [-0.2, 0) is 10.3 Å². The molecule has 0 spiro atoms. The Kier molecular flexibility index (Phi) is 2.64. The molecule has 2 heterocycles. The van der Waals surface area contributed by atoms with Crippen molar-refractivity contribution in [1.82, 2.24) is 0 Å². The summed E-state index contributed by atoms with van der Waals surface area (Å²) < 4.78 is 5.32. The molecule has 1 fully saturated rings. The molecule has 2 nitrogen and oxygen atoms in total. The zero-order valence-electron chi connectivity index (χ0n) is 8.62. The minimum Gasteiger partial charge on any atom is -0.384 e. The lowest BCUT2D eigenvalue weighted by Crippen LogP contribution is -2.31. The molecule has 3 heteroatoms. The average molecular weight is 212 g/mol. The third-order valence-corrected chi connectivity index (χ3v) is 4.19. The normalized spacial score (nSPS) is 26.4. The van der Waals surface area contributed by atoms with Crippen LogP contribution in [0, 0.1) is 12.8 Å². The van der Waals surface area contributed by atoms with Crippen molar-refractivity contribution in [3.8, 4) is 0 Å². The summed E-state index contributed by atoms with van der Waals surface area (Å²) in [5, 5.41) is 10.4. The molecule has 14 heavy (non-hydrogen) atoms. The largest absolute Gasteiger partial charge is 0.384 e. The van der Waals surface area contributed by atoms with Gasteiger partial charge in [0.1, 0.15) is 5.60 Å². The molecule has 1 saturated heterocycles. The van der Waals surface area contributed by atoms with Gasteiger partial charge in [0.05, 0.1) is 6.61 Å². The van der Waals surface area contributed by atoms with Gasteiger partial charge in [0, 0.05) is 22.3 Å². The summed E-state index contributed by atoms with van der Waals surface area (Å²) in [5.41, 5.74) is -0.713. The van der Waals surface area contributed by atoms with Gasteiger partial charge in [-0.15, -0.1) is 11.3 Å². The standard InChI is InChI=1S/C11H16O2S/c1-8-3-4-10(14-8)11(2,12)9-5-6-13-7-9/h3-4,9,12H,5-7H2,1-2H3. The van der Waals surface area contributed by atoms with Crippen molar-refractivity contribution in [2.75, 3.05) is 13.2 Å². The Morgan fingerprint density at radius 2 is 2.36 bits per heavy atom. The Morgan fingerprint density at radius 1 is 1.57 bits per heavy atom. The molecule has 0 amide bonds. The Bertz CT molecular complexity index is 311. The first-order valence-corrected chi connectivity index (χ1v) is 5.79. The second kappa shape index (κ2) is 3.65. The number of hydrogen-bond acceptors (Lipinski definition) is 3. The maximum absolute atomic E-state index is 10.4. The summed E-state index contributed by atoms with van der Waals surface area (Å²) in [4.78, 5) is 2.31. The summed E-state index contributed by atoms with van der Waals surface area (Å²) >= 11 is 1.68. The third-order valence-electron chi connectivity index (χ3n) is 2.96. The van der Waals surface area contributed by atoms with Gasteiger partial charge in [-0.05, 0) is 32.4 Å². The summed E-state index contributed by atoms with van der Waals surface area (Å²) in [6.45, 7) is 5.43. The fourth-order valence-electron chi connectivity index (χ4n) is 1.89. The molecular formula is C11H16O2S. The van der Waals surface area contributed by atoms with Crippen molar-refractivity contribution in [2.24, 2.45) is 5.92 Å². The molecule has 1 aliphatic rings. The van der Waals surface area contributed by atoms with Crippen LogP contribution in [0.2, 0.25) is 0 Å². The van der Waals surface area contributed by atoms with E-state index in [1.807, 2.05) is 13.0 Å². The summed E-state index contributed by atoms with van der Waals surface area (Å²) in [5.74, 6) is 0.251. The van der Waals surface area contributed by atoms with E-state index in [1.54, 1.807) is 11.3 Å². The first kappa shape index (κ1) is 10.1. The lowest BCUT2D eigenvalue weighted by molar-refractivity contribution is -0.00646. The van der Waals surface area contributed by atoms with Gasteiger partial charge in [-0.3, -0.25) is 0 Å². The van der Waals surface area contributed by atoms with Gasteiger partial charge in [0.25, 0.3) is 0 Å². The number of aryl methyl sites for hydroxylation is 1. The molecule has 0 bridgehead atoms. The maximum atomic E-state index is 10.4. The zero-order chi connectivity index (χ0) is 10.2. The van der Waals surface area contributed by atoms with Crippen LogP contribution >= 0.6 is 11.3 Å². The highest BCUT2D eigenvalue weighted by Crippen LogP contribution is 2.37. The van der Waals surface area contributed by atoms with Gasteiger partial charge >= 0.3 is 0 Å². The van der Waals surface area contributed by atoms with E-state index in [2.05, 4.69) is 13.0 Å². The van der Waals surface area contributed by atoms with Crippen molar-refractivity contribution >= 4 is 11.3 Å². The maximum Gasteiger partial charge on any atom is 0.101 e. The van der Waals surface area contributed by atoms with E-state index in [1.165, 1.54) is 4.88 Å². The molecule has 1 N–H and O–H groups in total. The molecule has 1 aromatic heterocycles. The van der Waals surface area contributed by atoms with Crippen molar-refractivity contribution < 1.29 is 9.84 Å². The smallest absolute Gasteiger partial charge is 0.101 e. The fraction of sp³-hybridized carbons (Fsp3) is 0.636. The van der Waals surface area contributed by atoms with Gasteiger partial charge < -0.3 is 9.84 Å². The molecule has 2 atom stereocenters. The van der Waals surface area contributed by atoms with Crippen molar-refractivity contribution in [2.45, 2.75) is 25.9 Å². The van der Waals surface area contributed by atoms with Crippen molar-refractivity contribution in [3.05, 3.63) is 21.9 Å². The minimum atomic E-state index is -0.713. The molecule has 1 aromatic rings. The van der Waals surface area contributed by atoms with Crippen LogP contribution < -0.4 is 0 Å². The van der Waals surface area contributed by atoms with E-state index < -0.39 is 5.60 Å². The van der Waals surface area contributed by atoms with E-state index in [-0.39, 0.29) is 5.92 Å². The monoisotopic (exact) mass is 212 g/mol. The van der Waals surface area contributed by atoms with Gasteiger partial charge in [-0.1, -0.05) is 0 Å². The SMILES string of the molecule is Cc1ccc(C(C)(O)C2CCOC2)s1. The van der Waals surface area contributed by atoms with Crippen LogP contribution in [0.3, 0.4) is 0 Å². The average Bonchev–Trinajstić information content (AvgIpc) is 2.72. The lowest BCUT2D eigenvalue weighted by Gasteiger charge is -2.27. The lowest BCUT2D eigenvalue weighted by atomic mass is 9.87. The molecule has 0 aromatic carbocycles. The van der Waals surface area contributed by atoms with Crippen LogP contribution in [0.5, 0.6) is 0 Å². The predicted molar refractivity (Wildman–Crippen MR) is 57.6 cm³/mol. The highest BCUT2D eigenvalue weighted by Gasteiger charge is 2.37. The fourth-order valence-corrected chi connectivity index (χ4v) is 2.88. The first-order valence-electron chi connectivity index (χ1n) is 4.98. The number of hydrogen-bond donors (Lipinski definition) is 1. The molecule has 0 aliphatic carbocycles. The molecule has 0 saturated carbocycles. The van der Waals surface area contributed by atoms with Crippen LogP contribution in [-0.4, -0.2) is 18.3 Å². The molecule has 2 rings (SSSR count). The van der Waals surface area contributed by atoms with Gasteiger partial charge in [-0.2, -0.15) is 0 Å². The van der Waals surface area contributed by atoms with E-state index >= 15 is 0 Å². The summed E-state index contributed by atoms with van der Waals surface area (Å²) in [6.07, 6.45) is 0.962. The molecular weight excluding hydrogens is 196 g/mol. The van der Waals surface area contributed by atoms with Crippen LogP contribution in [0.4, 0.5) is 0 Å². The number of aliphatic hydroxyl groups is 1. The molecule has 2 unspecified atom stereocenters. The second-order valence-corrected chi connectivity index (χ2v) is 5.41. The predicted octanol–water partition coefficient (Wildman–Crippen LogP) is 2.30. The zero-order valence-corrected chi connectivity index (χ0v) is 9.43. The van der Waals surface area contributed by atoms with E-state index in [9.17, 15) is 5.11 Å². The Hall–Kier alpha value is -0.380. The van der Waals surface area contributed by atoms with Gasteiger partial charge in [0.15, 0.2) is 0 Å². The van der Waals surface area contributed by atoms with Crippen LogP contribution in [0.1, 0.15) is 23.1 Å². The third kappa shape index (κ3) is 1.72. The van der Waals surface area contributed by atoms with Crippen molar-refractivity contribution in [3.63, 3.8) is 0 Å². The van der Waals surface area contributed by atoms with Crippen LogP contribution in [0.15, 0.2) is 12.1 Å². The molecule has 1 aliphatic heterocycles. The number of rotatable bonds is 2. The Labute approximate surface area is 88.5 Å². The quantitative estimate of drug-likeness (QED) is 0.815. The van der Waals surface area contributed by atoms with E-state index in [0.717, 1.165) is 17.9 Å². The van der Waals surface area contributed by atoms with Gasteiger partial charge in [-0.25, -0.2) is 0 Å². The number of thiophene rings is 1. The van der Waals surface area contributed by atoms with Crippen molar-refractivity contribution in [1.29, 1.82) is 0 Å². The van der Waals surface area contributed by atoms with E-state index in [0.29, 0.717) is 6.61 Å². The highest BCUT2D eigenvalue weighted by molar-refractivity contribution is 7.12. The minimum absolute atomic E-state index is 0.251. The first-order chi connectivity index (χ1) is 6.60. The van der Waals surface area contributed by atoms with Gasteiger partial charge in [0.2, 0.25) is 0 Å².